The van der Waals surface area contributed by atoms with Crippen LogP contribution in [0.4, 0.5) is 0 Å². The van der Waals surface area contributed by atoms with Crippen LogP contribution in [-0.2, 0) is 19.9 Å². The molecule has 17 heavy (non-hydrogen) atoms. The van der Waals surface area contributed by atoms with Crippen LogP contribution in [-0.4, -0.2) is 63.6 Å². The van der Waals surface area contributed by atoms with Crippen molar-refractivity contribution in [2.75, 3.05) is 31.1 Å². The van der Waals surface area contributed by atoms with Crippen LogP contribution in [0.2, 0.25) is 0 Å². The lowest BCUT2D eigenvalue weighted by atomic mass is 10.4. The zero-order valence-electron chi connectivity index (χ0n) is 9.79. The summed E-state index contributed by atoms with van der Waals surface area (Å²) in [5.74, 6) is -0.122. The smallest absolute Gasteiger partial charge is 0.218 e. The van der Waals surface area contributed by atoms with Gasteiger partial charge in [0.05, 0.1) is 16.8 Å². The summed E-state index contributed by atoms with van der Waals surface area (Å²) in [7, 11) is -6.43. The van der Waals surface area contributed by atoms with E-state index in [-0.39, 0.29) is 18.1 Å². The molecule has 2 fully saturated rings. The molecule has 2 saturated heterocycles. The first kappa shape index (κ1) is 13.3. The predicted molar refractivity (Wildman–Crippen MR) is 65.0 cm³/mol. The molecule has 0 aromatic rings. The minimum absolute atomic E-state index is 0.0588. The van der Waals surface area contributed by atoms with Crippen LogP contribution < -0.4 is 5.32 Å². The average Bonchev–Trinajstić information content (AvgIpc) is 2.67. The third kappa shape index (κ3) is 2.64. The first-order chi connectivity index (χ1) is 7.83. The Labute approximate surface area is 102 Å². The van der Waals surface area contributed by atoms with Crippen LogP contribution in [0, 0.1) is 0 Å². The lowest BCUT2D eigenvalue weighted by Gasteiger charge is -2.33. The van der Waals surface area contributed by atoms with Crippen LogP contribution >= 0.6 is 0 Å². The van der Waals surface area contributed by atoms with Gasteiger partial charge in [-0.25, -0.2) is 16.8 Å². The van der Waals surface area contributed by atoms with Crippen molar-refractivity contribution in [2.24, 2.45) is 0 Å². The number of hydrogen-bond acceptors (Lipinski definition) is 5. The molecule has 0 aromatic heterocycles. The second-order valence-electron chi connectivity index (χ2n) is 4.73. The van der Waals surface area contributed by atoms with Crippen molar-refractivity contribution in [3.8, 4) is 0 Å². The van der Waals surface area contributed by atoms with Crippen LogP contribution in [0.25, 0.3) is 0 Å². The van der Waals surface area contributed by atoms with Gasteiger partial charge in [0.15, 0.2) is 9.84 Å². The van der Waals surface area contributed by atoms with Gasteiger partial charge in [0, 0.05) is 19.1 Å². The normalized spacial score (nSPS) is 34.9. The molecule has 2 rings (SSSR count). The number of sulfonamides is 1. The fourth-order valence-electron chi connectivity index (χ4n) is 2.44. The molecular weight excluding hydrogens is 264 g/mol. The van der Waals surface area contributed by atoms with E-state index in [2.05, 4.69) is 5.32 Å². The summed E-state index contributed by atoms with van der Waals surface area (Å²) in [6.07, 6.45) is 0.609. The summed E-state index contributed by atoms with van der Waals surface area (Å²) in [4.78, 5) is 0. The standard InChI is InChI=1S/C9H18N2O4S2/c1-8-7-16(12,13)5-4-11(8)17(14,15)9-2-3-10-6-9/h8-10H,2-7H2,1H3. The van der Waals surface area contributed by atoms with Crippen molar-refractivity contribution in [1.29, 1.82) is 0 Å². The summed E-state index contributed by atoms with van der Waals surface area (Å²) in [5, 5.41) is 2.63. The topological polar surface area (TPSA) is 83.6 Å². The number of nitrogens with zero attached hydrogens (tertiary/aromatic N) is 1. The molecule has 0 aromatic carbocycles. The first-order valence-electron chi connectivity index (χ1n) is 5.75. The Morgan fingerprint density at radius 1 is 1.35 bits per heavy atom. The summed E-state index contributed by atoms with van der Waals surface area (Å²) >= 11 is 0. The van der Waals surface area contributed by atoms with Crippen molar-refractivity contribution >= 4 is 19.9 Å². The molecule has 6 nitrogen and oxygen atoms in total. The van der Waals surface area contributed by atoms with E-state index in [0.29, 0.717) is 19.5 Å². The SMILES string of the molecule is CC1CS(=O)(=O)CCN1S(=O)(=O)C1CCNC1. The molecule has 2 aliphatic rings. The van der Waals surface area contributed by atoms with Gasteiger partial charge in [-0.3, -0.25) is 0 Å². The van der Waals surface area contributed by atoms with E-state index in [1.807, 2.05) is 0 Å². The Bertz CT molecular complexity index is 479. The van der Waals surface area contributed by atoms with Crippen LogP contribution in [0.5, 0.6) is 0 Å². The van der Waals surface area contributed by atoms with Crippen molar-refractivity contribution in [1.82, 2.24) is 9.62 Å². The molecular formula is C9H18N2O4S2. The van der Waals surface area contributed by atoms with Crippen LogP contribution in [0.3, 0.4) is 0 Å². The second kappa shape index (κ2) is 4.49. The van der Waals surface area contributed by atoms with Gasteiger partial charge in [0.1, 0.15) is 0 Å². The fraction of sp³-hybridized carbons (Fsp3) is 1.00. The first-order valence-corrected chi connectivity index (χ1v) is 9.07. The van der Waals surface area contributed by atoms with Gasteiger partial charge in [-0.15, -0.1) is 0 Å². The number of nitrogens with one attached hydrogen (secondary N) is 1. The predicted octanol–water partition coefficient (Wildman–Crippen LogP) is -1.20. The van der Waals surface area contributed by atoms with E-state index >= 15 is 0 Å². The molecule has 0 bridgehead atoms. The highest BCUT2D eigenvalue weighted by molar-refractivity contribution is 7.92. The third-order valence-corrected chi connectivity index (χ3v) is 7.61. The van der Waals surface area contributed by atoms with E-state index in [9.17, 15) is 16.8 Å². The minimum atomic E-state index is -3.35. The number of hydrogen-bond donors (Lipinski definition) is 1. The fourth-order valence-corrected chi connectivity index (χ4v) is 6.25. The zero-order valence-corrected chi connectivity index (χ0v) is 11.4. The summed E-state index contributed by atoms with van der Waals surface area (Å²) in [5.41, 5.74) is 0. The van der Waals surface area contributed by atoms with Gasteiger partial charge in [-0.1, -0.05) is 0 Å². The van der Waals surface area contributed by atoms with Gasteiger partial charge in [-0.05, 0) is 19.9 Å². The lowest BCUT2D eigenvalue weighted by Crippen LogP contribution is -2.52. The van der Waals surface area contributed by atoms with Gasteiger partial charge >= 0.3 is 0 Å². The number of sulfone groups is 1. The molecule has 2 atom stereocenters. The minimum Gasteiger partial charge on any atom is -0.315 e. The maximum Gasteiger partial charge on any atom is 0.218 e. The molecule has 2 heterocycles. The lowest BCUT2D eigenvalue weighted by molar-refractivity contribution is 0.352. The Kier molecular flexibility index (Phi) is 3.50. The summed E-state index contributed by atoms with van der Waals surface area (Å²) < 4.78 is 48.8. The Balaban J connectivity index is 2.17. The Morgan fingerprint density at radius 2 is 2.06 bits per heavy atom. The van der Waals surface area contributed by atoms with Gasteiger partial charge < -0.3 is 5.32 Å². The maximum atomic E-state index is 12.3. The Morgan fingerprint density at radius 3 is 2.59 bits per heavy atom. The highest BCUT2D eigenvalue weighted by Crippen LogP contribution is 2.21. The molecule has 1 N–H and O–H groups in total. The van der Waals surface area contributed by atoms with Gasteiger partial charge in [0.25, 0.3) is 0 Å². The van der Waals surface area contributed by atoms with Gasteiger partial charge in [-0.2, -0.15) is 4.31 Å². The van der Waals surface area contributed by atoms with E-state index in [1.165, 1.54) is 4.31 Å². The molecule has 0 saturated carbocycles. The van der Waals surface area contributed by atoms with E-state index in [4.69, 9.17) is 0 Å². The average molecular weight is 282 g/mol. The highest BCUT2D eigenvalue weighted by atomic mass is 32.2. The molecule has 0 aliphatic carbocycles. The van der Waals surface area contributed by atoms with Crippen molar-refractivity contribution in [2.45, 2.75) is 24.6 Å². The van der Waals surface area contributed by atoms with Crippen molar-refractivity contribution < 1.29 is 16.8 Å². The second-order valence-corrected chi connectivity index (χ2v) is 9.13. The third-order valence-electron chi connectivity index (χ3n) is 3.37. The molecule has 100 valence electrons. The zero-order chi connectivity index (χ0) is 12.7. The molecule has 0 spiro atoms. The largest absolute Gasteiger partial charge is 0.315 e. The maximum absolute atomic E-state index is 12.3. The molecule has 8 heteroatoms. The monoisotopic (exact) mass is 282 g/mol. The quantitative estimate of drug-likeness (QED) is 0.687. The summed E-state index contributed by atoms with van der Waals surface area (Å²) in [6.45, 7) is 2.95. The van der Waals surface area contributed by atoms with Crippen molar-refractivity contribution in [3.63, 3.8) is 0 Å². The van der Waals surface area contributed by atoms with E-state index in [0.717, 1.165) is 0 Å². The number of rotatable bonds is 2. The van der Waals surface area contributed by atoms with E-state index < -0.39 is 31.2 Å². The molecule has 0 amide bonds. The van der Waals surface area contributed by atoms with Gasteiger partial charge in [0.2, 0.25) is 10.0 Å². The van der Waals surface area contributed by atoms with Crippen molar-refractivity contribution in [3.05, 3.63) is 0 Å². The molecule has 2 unspecified atom stereocenters. The summed E-state index contributed by atoms with van der Waals surface area (Å²) in [6, 6.07) is -0.445. The van der Waals surface area contributed by atoms with Crippen LogP contribution in [0.15, 0.2) is 0 Å². The molecule has 2 aliphatic heterocycles. The molecule has 0 radical (unpaired) electrons. The Hall–Kier alpha value is -0.180. The van der Waals surface area contributed by atoms with E-state index in [1.54, 1.807) is 6.92 Å². The highest BCUT2D eigenvalue weighted by Gasteiger charge is 2.40. The van der Waals surface area contributed by atoms with Crippen LogP contribution in [0.1, 0.15) is 13.3 Å².